The van der Waals surface area contributed by atoms with Gasteiger partial charge in [-0.1, -0.05) is 12.5 Å². The Morgan fingerprint density at radius 2 is 2.05 bits per heavy atom. The van der Waals surface area contributed by atoms with Gasteiger partial charge in [0, 0.05) is 6.04 Å². The maximum absolute atomic E-state index is 13.2. The number of likely N-dealkylation sites (tertiary alicyclic amines) is 1. The standard InChI is InChI=1S/C17H25FN2/c18-15-6-7-16-14(13-15)5-8-17(16)19-9-4-12-20-10-2-1-3-11-20/h6-7,13,17,19H,1-5,8-12H2. The van der Waals surface area contributed by atoms with Gasteiger partial charge in [0.1, 0.15) is 5.82 Å². The van der Waals surface area contributed by atoms with E-state index in [1.807, 2.05) is 6.07 Å². The largest absolute Gasteiger partial charge is 0.310 e. The molecule has 0 amide bonds. The lowest BCUT2D eigenvalue weighted by Crippen LogP contribution is -2.32. The summed E-state index contributed by atoms with van der Waals surface area (Å²) in [4.78, 5) is 2.59. The van der Waals surface area contributed by atoms with Crippen LogP contribution < -0.4 is 5.32 Å². The Balaban J connectivity index is 1.41. The highest BCUT2D eigenvalue weighted by molar-refractivity contribution is 5.34. The molecule has 1 unspecified atom stereocenters. The van der Waals surface area contributed by atoms with E-state index in [1.165, 1.54) is 56.4 Å². The molecule has 0 saturated carbocycles. The quantitative estimate of drug-likeness (QED) is 0.830. The van der Waals surface area contributed by atoms with Crippen molar-refractivity contribution in [3.8, 4) is 0 Å². The summed E-state index contributed by atoms with van der Waals surface area (Å²) < 4.78 is 13.2. The monoisotopic (exact) mass is 276 g/mol. The molecule has 1 atom stereocenters. The van der Waals surface area contributed by atoms with Crippen molar-refractivity contribution in [1.82, 2.24) is 10.2 Å². The van der Waals surface area contributed by atoms with Gasteiger partial charge >= 0.3 is 0 Å². The van der Waals surface area contributed by atoms with Crippen molar-refractivity contribution in [3.63, 3.8) is 0 Å². The van der Waals surface area contributed by atoms with Gasteiger partial charge in [-0.05, 0) is 81.5 Å². The van der Waals surface area contributed by atoms with E-state index >= 15 is 0 Å². The van der Waals surface area contributed by atoms with Crippen LogP contribution in [0.5, 0.6) is 0 Å². The lowest BCUT2D eigenvalue weighted by Gasteiger charge is -2.26. The van der Waals surface area contributed by atoms with Crippen LogP contribution in [0.3, 0.4) is 0 Å². The van der Waals surface area contributed by atoms with E-state index in [4.69, 9.17) is 0 Å². The normalized spacial score (nSPS) is 22.9. The zero-order valence-corrected chi connectivity index (χ0v) is 12.2. The van der Waals surface area contributed by atoms with E-state index < -0.39 is 0 Å². The van der Waals surface area contributed by atoms with Gasteiger partial charge in [-0.2, -0.15) is 0 Å². The summed E-state index contributed by atoms with van der Waals surface area (Å²) in [6, 6.07) is 5.68. The molecule has 20 heavy (non-hydrogen) atoms. The minimum atomic E-state index is -0.102. The van der Waals surface area contributed by atoms with Gasteiger partial charge in [0.25, 0.3) is 0 Å². The van der Waals surface area contributed by atoms with Gasteiger partial charge in [0.15, 0.2) is 0 Å². The number of aryl methyl sites for hydroxylation is 1. The highest BCUT2D eigenvalue weighted by Crippen LogP contribution is 2.31. The highest BCUT2D eigenvalue weighted by Gasteiger charge is 2.22. The average Bonchev–Trinajstić information content (AvgIpc) is 2.87. The number of rotatable bonds is 5. The molecule has 1 aliphatic heterocycles. The van der Waals surface area contributed by atoms with Gasteiger partial charge in [-0.3, -0.25) is 0 Å². The third-order valence-electron chi connectivity index (χ3n) is 4.67. The molecule has 0 bridgehead atoms. The second kappa shape index (κ2) is 6.68. The molecule has 1 aromatic rings. The summed E-state index contributed by atoms with van der Waals surface area (Å²) in [6.07, 6.45) is 7.49. The molecule has 0 spiro atoms. The Bertz CT molecular complexity index is 441. The molecular weight excluding hydrogens is 251 g/mol. The first-order valence-corrected chi connectivity index (χ1v) is 8.07. The Morgan fingerprint density at radius 1 is 1.20 bits per heavy atom. The fourth-order valence-corrected chi connectivity index (χ4v) is 3.56. The molecule has 1 aromatic carbocycles. The molecule has 110 valence electrons. The molecule has 0 aromatic heterocycles. The molecule has 1 heterocycles. The van der Waals surface area contributed by atoms with Crippen molar-refractivity contribution in [1.29, 1.82) is 0 Å². The Kier molecular flexibility index (Phi) is 4.69. The van der Waals surface area contributed by atoms with Crippen LogP contribution in [0.15, 0.2) is 18.2 Å². The van der Waals surface area contributed by atoms with E-state index in [0.29, 0.717) is 6.04 Å². The number of hydrogen-bond acceptors (Lipinski definition) is 2. The van der Waals surface area contributed by atoms with E-state index in [0.717, 1.165) is 19.4 Å². The number of halogens is 1. The van der Waals surface area contributed by atoms with Crippen LogP contribution in [0.1, 0.15) is 49.3 Å². The third kappa shape index (κ3) is 3.39. The van der Waals surface area contributed by atoms with Gasteiger partial charge in [0.05, 0.1) is 0 Å². The lowest BCUT2D eigenvalue weighted by atomic mass is 10.1. The van der Waals surface area contributed by atoms with Crippen LogP contribution in [0.2, 0.25) is 0 Å². The number of piperidine rings is 1. The topological polar surface area (TPSA) is 15.3 Å². The van der Waals surface area contributed by atoms with Crippen LogP contribution in [-0.2, 0) is 6.42 Å². The minimum absolute atomic E-state index is 0.102. The fourth-order valence-electron chi connectivity index (χ4n) is 3.56. The van der Waals surface area contributed by atoms with Crippen molar-refractivity contribution < 1.29 is 4.39 Å². The van der Waals surface area contributed by atoms with Crippen LogP contribution in [0.4, 0.5) is 4.39 Å². The van der Waals surface area contributed by atoms with Gasteiger partial charge in [-0.25, -0.2) is 4.39 Å². The summed E-state index contributed by atoms with van der Waals surface area (Å²) in [7, 11) is 0. The number of nitrogens with one attached hydrogen (secondary N) is 1. The van der Waals surface area contributed by atoms with Crippen molar-refractivity contribution in [2.45, 2.75) is 44.6 Å². The SMILES string of the molecule is Fc1ccc2c(c1)CCC2NCCCN1CCCCC1. The third-order valence-corrected chi connectivity index (χ3v) is 4.67. The first-order valence-electron chi connectivity index (χ1n) is 8.07. The zero-order chi connectivity index (χ0) is 13.8. The van der Waals surface area contributed by atoms with Crippen LogP contribution in [0, 0.1) is 5.82 Å². The minimum Gasteiger partial charge on any atom is -0.310 e. The molecule has 1 fully saturated rings. The molecule has 3 heteroatoms. The van der Waals surface area contributed by atoms with Crippen LogP contribution in [-0.4, -0.2) is 31.1 Å². The second-order valence-electron chi connectivity index (χ2n) is 6.14. The van der Waals surface area contributed by atoms with E-state index in [-0.39, 0.29) is 5.82 Å². The van der Waals surface area contributed by atoms with E-state index in [2.05, 4.69) is 10.2 Å². The van der Waals surface area contributed by atoms with Crippen molar-refractivity contribution in [2.24, 2.45) is 0 Å². The number of benzene rings is 1. The van der Waals surface area contributed by atoms with Gasteiger partial charge in [-0.15, -0.1) is 0 Å². The molecule has 1 N–H and O–H groups in total. The average molecular weight is 276 g/mol. The van der Waals surface area contributed by atoms with Crippen LogP contribution in [0.25, 0.3) is 0 Å². The Morgan fingerprint density at radius 3 is 2.90 bits per heavy atom. The Labute approximate surface area is 121 Å². The van der Waals surface area contributed by atoms with Crippen molar-refractivity contribution in [2.75, 3.05) is 26.2 Å². The van der Waals surface area contributed by atoms with Crippen LogP contribution >= 0.6 is 0 Å². The first-order chi connectivity index (χ1) is 9.83. The molecule has 1 saturated heterocycles. The molecular formula is C17H25FN2. The number of hydrogen-bond donors (Lipinski definition) is 1. The maximum Gasteiger partial charge on any atom is 0.123 e. The second-order valence-corrected chi connectivity index (χ2v) is 6.14. The molecule has 0 radical (unpaired) electrons. The van der Waals surface area contributed by atoms with E-state index in [9.17, 15) is 4.39 Å². The zero-order valence-electron chi connectivity index (χ0n) is 12.2. The predicted molar refractivity (Wildman–Crippen MR) is 80.4 cm³/mol. The summed E-state index contributed by atoms with van der Waals surface area (Å²) in [5.41, 5.74) is 2.50. The molecule has 2 nitrogen and oxygen atoms in total. The summed E-state index contributed by atoms with van der Waals surface area (Å²) in [5, 5.41) is 3.65. The van der Waals surface area contributed by atoms with E-state index in [1.54, 1.807) is 12.1 Å². The van der Waals surface area contributed by atoms with Gasteiger partial charge < -0.3 is 10.2 Å². The Hall–Kier alpha value is -0.930. The fraction of sp³-hybridized carbons (Fsp3) is 0.647. The van der Waals surface area contributed by atoms with Gasteiger partial charge in [0.2, 0.25) is 0 Å². The summed E-state index contributed by atoms with van der Waals surface area (Å²) >= 11 is 0. The summed E-state index contributed by atoms with van der Waals surface area (Å²) in [5.74, 6) is -0.102. The summed E-state index contributed by atoms with van der Waals surface area (Å²) in [6.45, 7) is 4.85. The number of fused-ring (bicyclic) bond motifs is 1. The number of nitrogens with zero attached hydrogens (tertiary/aromatic N) is 1. The molecule has 1 aliphatic carbocycles. The van der Waals surface area contributed by atoms with Crippen molar-refractivity contribution >= 4 is 0 Å². The first kappa shape index (κ1) is 14.0. The van der Waals surface area contributed by atoms with Crippen molar-refractivity contribution in [3.05, 3.63) is 35.1 Å². The molecule has 2 aliphatic rings. The smallest absolute Gasteiger partial charge is 0.123 e. The highest BCUT2D eigenvalue weighted by atomic mass is 19.1. The molecule has 3 rings (SSSR count). The maximum atomic E-state index is 13.2. The predicted octanol–water partition coefficient (Wildman–Crippen LogP) is 3.28. The lowest BCUT2D eigenvalue weighted by molar-refractivity contribution is 0.225.